The van der Waals surface area contributed by atoms with Crippen LogP contribution >= 0.6 is 0 Å². The third-order valence-corrected chi connectivity index (χ3v) is 1.74. The Labute approximate surface area is 65.5 Å². The molecule has 2 aromatic rings. The van der Waals surface area contributed by atoms with Gasteiger partial charge < -0.3 is 0 Å². The second-order valence-electron chi connectivity index (χ2n) is 2.68. The largest absolute Gasteiger partial charge is 0.287 e. The normalized spacial score (nSPS) is 10.6. The SMILES string of the molecule is Bc1ccn2c(C)nnc2c1. The second-order valence-corrected chi connectivity index (χ2v) is 2.68. The minimum Gasteiger partial charge on any atom is -0.287 e. The monoisotopic (exact) mass is 145 g/mol. The zero-order chi connectivity index (χ0) is 7.84. The fourth-order valence-electron chi connectivity index (χ4n) is 1.11. The van der Waals surface area contributed by atoms with Gasteiger partial charge in [0.2, 0.25) is 0 Å². The van der Waals surface area contributed by atoms with Gasteiger partial charge >= 0.3 is 0 Å². The minimum absolute atomic E-state index is 0.919. The molecule has 0 bridgehead atoms. The average molecular weight is 145 g/mol. The van der Waals surface area contributed by atoms with Crippen LogP contribution in [-0.2, 0) is 0 Å². The predicted octanol–water partition coefficient (Wildman–Crippen LogP) is -0.704. The molecule has 0 radical (unpaired) electrons. The molecular formula is C7H8BN3. The molecule has 0 atom stereocenters. The smallest absolute Gasteiger partial charge is 0.160 e. The van der Waals surface area contributed by atoms with Crippen molar-refractivity contribution in [3.63, 3.8) is 0 Å². The van der Waals surface area contributed by atoms with E-state index in [1.54, 1.807) is 0 Å². The van der Waals surface area contributed by atoms with Crippen LogP contribution in [0.1, 0.15) is 5.82 Å². The Morgan fingerprint density at radius 3 is 3.09 bits per heavy atom. The Bertz CT molecular complexity index is 393. The van der Waals surface area contributed by atoms with Crippen molar-refractivity contribution in [2.24, 2.45) is 0 Å². The Morgan fingerprint density at radius 1 is 1.45 bits per heavy atom. The molecule has 0 N–H and O–H groups in total. The highest BCUT2D eigenvalue weighted by molar-refractivity contribution is 6.32. The molecule has 0 fully saturated rings. The van der Waals surface area contributed by atoms with Crippen LogP contribution in [0.25, 0.3) is 5.65 Å². The lowest BCUT2D eigenvalue weighted by Gasteiger charge is -1.94. The summed E-state index contributed by atoms with van der Waals surface area (Å²) in [7, 11) is 2.05. The van der Waals surface area contributed by atoms with Gasteiger partial charge in [-0.1, -0.05) is 11.5 Å². The molecule has 2 heterocycles. The van der Waals surface area contributed by atoms with E-state index < -0.39 is 0 Å². The topological polar surface area (TPSA) is 30.2 Å². The van der Waals surface area contributed by atoms with Crippen LogP contribution in [-0.4, -0.2) is 22.4 Å². The van der Waals surface area contributed by atoms with Gasteiger partial charge in [-0.3, -0.25) is 4.40 Å². The second kappa shape index (κ2) is 2.08. The molecule has 0 saturated carbocycles. The number of hydrogen-bond acceptors (Lipinski definition) is 2. The van der Waals surface area contributed by atoms with E-state index >= 15 is 0 Å². The first kappa shape index (κ1) is 6.40. The van der Waals surface area contributed by atoms with Crippen molar-refractivity contribution in [1.82, 2.24) is 14.6 Å². The number of fused-ring (bicyclic) bond motifs is 1. The third kappa shape index (κ3) is 0.907. The van der Waals surface area contributed by atoms with E-state index in [0.717, 1.165) is 11.5 Å². The van der Waals surface area contributed by atoms with Crippen molar-refractivity contribution < 1.29 is 0 Å². The molecule has 2 aromatic heterocycles. The fourth-order valence-corrected chi connectivity index (χ4v) is 1.11. The lowest BCUT2D eigenvalue weighted by atomic mass is 9.98. The van der Waals surface area contributed by atoms with Gasteiger partial charge in [0, 0.05) is 6.20 Å². The van der Waals surface area contributed by atoms with Gasteiger partial charge in [0.15, 0.2) is 5.65 Å². The zero-order valence-corrected chi connectivity index (χ0v) is 6.57. The molecule has 0 aromatic carbocycles. The van der Waals surface area contributed by atoms with E-state index in [-0.39, 0.29) is 0 Å². The maximum absolute atomic E-state index is 3.99. The summed E-state index contributed by atoms with van der Waals surface area (Å²) in [6.07, 6.45) is 1.99. The van der Waals surface area contributed by atoms with Crippen LogP contribution in [0.3, 0.4) is 0 Å². The highest BCUT2D eigenvalue weighted by Gasteiger charge is 1.97. The average Bonchev–Trinajstić information content (AvgIpc) is 2.32. The standard InChI is InChI=1S/C7H8BN3/c1-5-9-10-7-4-6(8)2-3-11(5)7/h2-4H,8H2,1H3. The molecule has 2 rings (SSSR count). The van der Waals surface area contributed by atoms with Gasteiger partial charge in [-0.15, -0.1) is 10.2 Å². The summed E-state index contributed by atoms with van der Waals surface area (Å²) in [5.74, 6) is 0.931. The maximum Gasteiger partial charge on any atom is 0.160 e. The lowest BCUT2D eigenvalue weighted by Crippen LogP contribution is -2.02. The molecule has 0 aliphatic rings. The number of rotatable bonds is 0. The highest BCUT2D eigenvalue weighted by Crippen LogP contribution is 1.98. The minimum atomic E-state index is 0.919. The van der Waals surface area contributed by atoms with Gasteiger partial charge in [-0.2, -0.15) is 0 Å². The molecule has 0 saturated heterocycles. The van der Waals surface area contributed by atoms with Crippen molar-refractivity contribution in [2.45, 2.75) is 6.92 Å². The molecule has 0 unspecified atom stereocenters. The molecule has 0 aliphatic carbocycles. The van der Waals surface area contributed by atoms with Gasteiger partial charge in [0.1, 0.15) is 13.7 Å². The Kier molecular flexibility index (Phi) is 1.21. The van der Waals surface area contributed by atoms with Crippen molar-refractivity contribution >= 4 is 19.0 Å². The van der Waals surface area contributed by atoms with Gasteiger partial charge in [-0.05, 0) is 13.0 Å². The molecule has 4 heteroatoms. The van der Waals surface area contributed by atoms with Crippen LogP contribution in [0.5, 0.6) is 0 Å². The highest BCUT2D eigenvalue weighted by atomic mass is 15.2. The van der Waals surface area contributed by atoms with Crippen molar-refractivity contribution in [3.8, 4) is 0 Å². The number of aryl methyl sites for hydroxylation is 1. The van der Waals surface area contributed by atoms with Crippen LogP contribution in [0.2, 0.25) is 0 Å². The summed E-state index contributed by atoms with van der Waals surface area (Å²) in [6.45, 7) is 1.94. The molecule has 0 amide bonds. The van der Waals surface area contributed by atoms with E-state index in [9.17, 15) is 0 Å². The van der Waals surface area contributed by atoms with Gasteiger partial charge in [0.25, 0.3) is 0 Å². The number of pyridine rings is 1. The van der Waals surface area contributed by atoms with E-state index in [4.69, 9.17) is 0 Å². The summed E-state index contributed by atoms with van der Waals surface area (Å²) in [4.78, 5) is 0. The van der Waals surface area contributed by atoms with E-state index in [0.29, 0.717) is 0 Å². The Morgan fingerprint density at radius 2 is 2.27 bits per heavy atom. The van der Waals surface area contributed by atoms with Crippen molar-refractivity contribution in [3.05, 3.63) is 24.2 Å². The third-order valence-electron chi connectivity index (χ3n) is 1.74. The van der Waals surface area contributed by atoms with E-state index in [1.807, 2.05) is 37.5 Å². The lowest BCUT2D eigenvalue weighted by molar-refractivity contribution is 1.01. The van der Waals surface area contributed by atoms with Crippen LogP contribution in [0.4, 0.5) is 0 Å². The summed E-state index contributed by atoms with van der Waals surface area (Å²) in [5.41, 5.74) is 2.13. The van der Waals surface area contributed by atoms with Crippen LogP contribution < -0.4 is 5.46 Å². The Balaban J connectivity index is 2.86. The van der Waals surface area contributed by atoms with Crippen molar-refractivity contribution in [2.75, 3.05) is 0 Å². The summed E-state index contributed by atoms with van der Waals surface area (Å²) in [6, 6.07) is 4.06. The predicted molar refractivity (Wildman–Crippen MR) is 45.9 cm³/mol. The number of nitrogens with zero attached hydrogens (tertiary/aromatic N) is 3. The van der Waals surface area contributed by atoms with Crippen molar-refractivity contribution in [1.29, 1.82) is 0 Å². The number of hydrogen-bond donors (Lipinski definition) is 0. The molecule has 3 nitrogen and oxygen atoms in total. The zero-order valence-electron chi connectivity index (χ0n) is 6.57. The van der Waals surface area contributed by atoms with Crippen LogP contribution in [0.15, 0.2) is 18.3 Å². The summed E-state index contributed by atoms with van der Waals surface area (Å²) in [5, 5.41) is 7.94. The van der Waals surface area contributed by atoms with E-state index in [2.05, 4.69) is 10.2 Å². The maximum atomic E-state index is 3.99. The molecule has 54 valence electrons. The summed E-state index contributed by atoms with van der Waals surface area (Å²) < 4.78 is 1.97. The fraction of sp³-hybridized carbons (Fsp3) is 0.143. The Hall–Kier alpha value is -1.32. The van der Waals surface area contributed by atoms with Gasteiger partial charge in [-0.25, -0.2) is 0 Å². The summed E-state index contributed by atoms with van der Waals surface area (Å²) >= 11 is 0. The first-order chi connectivity index (χ1) is 5.27. The first-order valence-corrected chi connectivity index (χ1v) is 3.55. The quantitative estimate of drug-likeness (QED) is 0.458. The van der Waals surface area contributed by atoms with E-state index in [1.165, 1.54) is 5.46 Å². The van der Waals surface area contributed by atoms with Crippen LogP contribution in [0, 0.1) is 6.92 Å². The molecular weight excluding hydrogens is 137 g/mol. The number of aromatic nitrogens is 3. The molecule has 0 aliphatic heterocycles. The first-order valence-electron chi connectivity index (χ1n) is 3.55. The van der Waals surface area contributed by atoms with Gasteiger partial charge in [0.05, 0.1) is 0 Å². The molecule has 11 heavy (non-hydrogen) atoms. The molecule has 0 spiro atoms.